The van der Waals surface area contributed by atoms with Crippen LogP contribution < -0.4 is 4.74 Å². The van der Waals surface area contributed by atoms with Gasteiger partial charge in [0.2, 0.25) is 0 Å². The fraction of sp³-hybridized carbons (Fsp3) is 0.250. The molecular weight excluding hydrogens is 284 g/mol. The van der Waals surface area contributed by atoms with E-state index in [1.165, 1.54) is 18.7 Å². The van der Waals surface area contributed by atoms with Crippen LogP contribution in [0, 0.1) is 0 Å². The highest BCUT2D eigenvalue weighted by Gasteiger charge is 2.17. The zero-order valence-corrected chi connectivity index (χ0v) is 12.4. The predicted octanol–water partition coefficient (Wildman–Crippen LogP) is 2.52. The van der Waals surface area contributed by atoms with Gasteiger partial charge in [-0.3, -0.25) is 4.79 Å². The molecule has 114 valence electrons. The number of ketones is 1. The number of carbonyl (C=O) groups is 2. The molecule has 6 heteroatoms. The van der Waals surface area contributed by atoms with Gasteiger partial charge < -0.3 is 9.84 Å². The molecule has 2 rings (SSSR count). The van der Waals surface area contributed by atoms with Crippen LogP contribution in [0.3, 0.4) is 0 Å². The molecule has 0 amide bonds. The van der Waals surface area contributed by atoms with Gasteiger partial charge in [0.1, 0.15) is 12.4 Å². The first kappa shape index (κ1) is 15.6. The second kappa shape index (κ2) is 6.80. The molecule has 1 aromatic carbocycles. The van der Waals surface area contributed by atoms with E-state index in [9.17, 15) is 9.59 Å². The standard InChI is InChI=1S/C16H16N2O4/c1-3-11-4-6-12(7-5-11)22-9-14-17-8-13(10(2)19)15(18-14)16(20)21/h4-8H,3,9H2,1-2H3,(H,20,21). The van der Waals surface area contributed by atoms with Crippen molar-refractivity contribution in [2.24, 2.45) is 0 Å². The Kier molecular flexibility index (Phi) is 4.83. The molecule has 0 aliphatic heterocycles. The van der Waals surface area contributed by atoms with E-state index < -0.39 is 5.97 Å². The van der Waals surface area contributed by atoms with Crippen molar-refractivity contribution in [1.82, 2.24) is 9.97 Å². The maximum absolute atomic E-state index is 11.3. The third-order valence-corrected chi connectivity index (χ3v) is 3.12. The molecule has 1 N–H and O–H groups in total. The first-order chi connectivity index (χ1) is 10.5. The van der Waals surface area contributed by atoms with E-state index in [1.54, 1.807) is 0 Å². The third kappa shape index (κ3) is 3.66. The molecule has 0 radical (unpaired) electrons. The fourth-order valence-electron chi connectivity index (χ4n) is 1.88. The number of Topliss-reactive ketones (excluding diaryl/α,β-unsaturated/α-hetero) is 1. The van der Waals surface area contributed by atoms with E-state index in [1.807, 2.05) is 24.3 Å². The first-order valence-corrected chi connectivity index (χ1v) is 6.83. The second-order valence-corrected chi connectivity index (χ2v) is 4.70. The Bertz CT molecular complexity index is 696. The van der Waals surface area contributed by atoms with Crippen LogP contribution in [-0.4, -0.2) is 26.8 Å². The summed E-state index contributed by atoms with van der Waals surface area (Å²) < 4.78 is 5.52. The zero-order chi connectivity index (χ0) is 16.1. The van der Waals surface area contributed by atoms with Crippen LogP contribution in [0.25, 0.3) is 0 Å². The summed E-state index contributed by atoms with van der Waals surface area (Å²) in [6, 6.07) is 7.58. The Morgan fingerprint density at radius 1 is 1.23 bits per heavy atom. The average molecular weight is 300 g/mol. The summed E-state index contributed by atoms with van der Waals surface area (Å²) in [6.45, 7) is 3.37. The Morgan fingerprint density at radius 2 is 1.91 bits per heavy atom. The van der Waals surface area contributed by atoms with E-state index in [2.05, 4.69) is 16.9 Å². The summed E-state index contributed by atoms with van der Waals surface area (Å²) in [6.07, 6.45) is 2.16. The van der Waals surface area contributed by atoms with E-state index in [0.717, 1.165) is 6.42 Å². The number of rotatable bonds is 6. The Labute approximate surface area is 127 Å². The minimum Gasteiger partial charge on any atom is -0.486 e. The number of aryl methyl sites for hydroxylation is 1. The fourth-order valence-corrected chi connectivity index (χ4v) is 1.88. The number of carboxylic acids is 1. The summed E-state index contributed by atoms with van der Waals surface area (Å²) in [7, 11) is 0. The molecule has 1 aromatic heterocycles. The molecule has 0 fully saturated rings. The monoisotopic (exact) mass is 300 g/mol. The number of aromatic carboxylic acids is 1. The van der Waals surface area contributed by atoms with E-state index >= 15 is 0 Å². The summed E-state index contributed by atoms with van der Waals surface area (Å²) >= 11 is 0. The Balaban J connectivity index is 2.14. The quantitative estimate of drug-likeness (QED) is 0.824. The van der Waals surface area contributed by atoms with Crippen LogP contribution in [0.4, 0.5) is 0 Å². The van der Waals surface area contributed by atoms with Gasteiger partial charge in [-0.25, -0.2) is 14.8 Å². The molecule has 0 saturated heterocycles. The van der Waals surface area contributed by atoms with Crippen LogP contribution in [0.2, 0.25) is 0 Å². The van der Waals surface area contributed by atoms with Crippen molar-refractivity contribution in [1.29, 1.82) is 0 Å². The highest BCUT2D eigenvalue weighted by Crippen LogP contribution is 2.14. The number of hydrogen-bond donors (Lipinski definition) is 1. The van der Waals surface area contributed by atoms with Crippen LogP contribution in [-0.2, 0) is 13.0 Å². The number of hydrogen-bond acceptors (Lipinski definition) is 5. The van der Waals surface area contributed by atoms with Crippen LogP contribution in [0.5, 0.6) is 5.75 Å². The number of carbonyl (C=O) groups excluding carboxylic acids is 1. The highest BCUT2D eigenvalue weighted by molar-refractivity contribution is 6.03. The van der Waals surface area contributed by atoms with Gasteiger partial charge in [0.15, 0.2) is 17.3 Å². The molecule has 0 saturated carbocycles. The minimum absolute atomic E-state index is 0.0106. The van der Waals surface area contributed by atoms with Gasteiger partial charge in [0.05, 0.1) is 5.56 Å². The molecule has 0 aliphatic carbocycles. The van der Waals surface area contributed by atoms with Crippen molar-refractivity contribution < 1.29 is 19.4 Å². The van der Waals surface area contributed by atoms with Crippen molar-refractivity contribution in [2.75, 3.05) is 0 Å². The minimum atomic E-state index is -1.26. The zero-order valence-electron chi connectivity index (χ0n) is 12.4. The van der Waals surface area contributed by atoms with Gasteiger partial charge in [0, 0.05) is 6.20 Å². The molecule has 2 aromatic rings. The number of nitrogens with zero attached hydrogens (tertiary/aromatic N) is 2. The Morgan fingerprint density at radius 3 is 2.45 bits per heavy atom. The summed E-state index contributed by atoms with van der Waals surface area (Å²) in [5, 5.41) is 9.10. The van der Waals surface area contributed by atoms with Gasteiger partial charge in [-0.05, 0) is 31.0 Å². The lowest BCUT2D eigenvalue weighted by molar-refractivity contribution is 0.0684. The van der Waals surface area contributed by atoms with E-state index in [0.29, 0.717) is 5.75 Å². The van der Waals surface area contributed by atoms with Crippen molar-refractivity contribution in [3.63, 3.8) is 0 Å². The van der Waals surface area contributed by atoms with Gasteiger partial charge in [-0.15, -0.1) is 0 Å². The molecule has 0 unspecified atom stereocenters. The van der Waals surface area contributed by atoms with Gasteiger partial charge in [0.25, 0.3) is 0 Å². The molecule has 1 heterocycles. The number of benzene rings is 1. The lowest BCUT2D eigenvalue weighted by Gasteiger charge is -2.07. The largest absolute Gasteiger partial charge is 0.486 e. The molecule has 6 nitrogen and oxygen atoms in total. The molecule has 0 spiro atoms. The number of carboxylic acid groups (broad SMARTS) is 1. The van der Waals surface area contributed by atoms with Crippen LogP contribution >= 0.6 is 0 Å². The van der Waals surface area contributed by atoms with E-state index in [-0.39, 0.29) is 29.5 Å². The van der Waals surface area contributed by atoms with Gasteiger partial charge in [-0.2, -0.15) is 0 Å². The highest BCUT2D eigenvalue weighted by atomic mass is 16.5. The van der Waals surface area contributed by atoms with Crippen LogP contribution in [0.15, 0.2) is 30.5 Å². The first-order valence-electron chi connectivity index (χ1n) is 6.83. The van der Waals surface area contributed by atoms with Crippen molar-refractivity contribution in [3.05, 3.63) is 53.1 Å². The molecule has 0 aliphatic rings. The lowest BCUT2D eigenvalue weighted by Crippen LogP contribution is -2.13. The Hall–Kier alpha value is -2.76. The molecular formula is C16H16N2O4. The summed E-state index contributed by atoms with van der Waals surface area (Å²) in [5.41, 5.74) is 0.883. The predicted molar refractivity (Wildman–Crippen MR) is 79.1 cm³/mol. The van der Waals surface area contributed by atoms with Crippen molar-refractivity contribution in [3.8, 4) is 5.75 Å². The molecule has 0 atom stereocenters. The molecule has 0 bridgehead atoms. The van der Waals surface area contributed by atoms with E-state index in [4.69, 9.17) is 9.84 Å². The normalized spacial score (nSPS) is 10.3. The smallest absolute Gasteiger partial charge is 0.355 e. The van der Waals surface area contributed by atoms with Crippen molar-refractivity contribution in [2.45, 2.75) is 26.9 Å². The van der Waals surface area contributed by atoms with Gasteiger partial charge >= 0.3 is 5.97 Å². The maximum atomic E-state index is 11.3. The maximum Gasteiger partial charge on any atom is 0.355 e. The number of ether oxygens (including phenoxy) is 1. The van der Waals surface area contributed by atoms with Crippen LogP contribution in [0.1, 0.15) is 46.1 Å². The molecule has 22 heavy (non-hydrogen) atoms. The second-order valence-electron chi connectivity index (χ2n) is 4.70. The average Bonchev–Trinajstić information content (AvgIpc) is 2.53. The summed E-state index contributed by atoms with van der Waals surface area (Å²) in [5.74, 6) is -0.795. The summed E-state index contributed by atoms with van der Waals surface area (Å²) in [4.78, 5) is 30.3. The van der Waals surface area contributed by atoms with Crippen molar-refractivity contribution >= 4 is 11.8 Å². The lowest BCUT2D eigenvalue weighted by atomic mass is 10.1. The number of aromatic nitrogens is 2. The third-order valence-electron chi connectivity index (χ3n) is 3.12. The topological polar surface area (TPSA) is 89.4 Å². The SMILES string of the molecule is CCc1ccc(OCc2ncc(C(C)=O)c(C(=O)O)n2)cc1. The van der Waals surface area contributed by atoms with Gasteiger partial charge in [-0.1, -0.05) is 19.1 Å².